The Balaban J connectivity index is 1.76. The van der Waals surface area contributed by atoms with Crippen LogP contribution in [0.1, 0.15) is 55.6 Å². The Hall–Kier alpha value is -3.55. The molecular formula is C27H24F3NO4. The number of phenols is 1. The van der Waals surface area contributed by atoms with Crippen LogP contribution in [0.25, 0.3) is 0 Å². The summed E-state index contributed by atoms with van der Waals surface area (Å²) in [7, 11) is 1.43. The van der Waals surface area contributed by atoms with E-state index in [1.807, 2.05) is 0 Å². The van der Waals surface area contributed by atoms with Gasteiger partial charge >= 0.3 is 6.18 Å². The van der Waals surface area contributed by atoms with Crippen molar-refractivity contribution in [3.63, 3.8) is 0 Å². The second kappa shape index (κ2) is 8.59. The number of benzene rings is 2. The van der Waals surface area contributed by atoms with E-state index >= 15 is 0 Å². The van der Waals surface area contributed by atoms with Gasteiger partial charge in [-0.25, -0.2) is 0 Å². The van der Waals surface area contributed by atoms with Crippen molar-refractivity contribution in [3.05, 3.63) is 76.1 Å². The Morgan fingerprint density at radius 2 is 1.54 bits per heavy atom. The summed E-state index contributed by atoms with van der Waals surface area (Å²) in [5.41, 5.74) is 2.20. The minimum absolute atomic E-state index is 0.110. The van der Waals surface area contributed by atoms with Crippen molar-refractivity contribution in [3.8, 4) is 11.5 Å². The maximum absolute atomic E-state index is 13.5. The first-order valence-electron chi connectivity index (χ1n) is 11.6. The summed E-state index contributed by atoms with van der Waals surface area (Å²) >= 11 is 0. The van der Waals surface area contributed by atoms with Crippen molar-refractivity contribution in [2.75, 3.05) is 12.0 Å². The molecule has 35 heavy (non-hydrogen) atoms. The molecule has 0 bridgehead atoms. The summed E-state index contributed by atoms with van der Waals surface area (Å²) in [6, 6.07) is 9.84. The molecule has 0 atom stereocenters. The van der Waals surface area contributed by atoms with Gasteiger partial charge in [0.1, 0.15) is 0 Å². The van der Waals surface area contributed by atoms with Crippen LogP contribution in [0.2, 0.25) is 0 Å². The van der Waals surface area contributed by atoms with E-state index in [-0.39, 0.29) is 23.1 Å². The number of allylic oxidation sites excluding steroid dienone is 4. The standard InChI is InChI=1S/C27H24F3NO4/c1-35-23-12-11-15(13-22(23)34)24-25-18(7-3-9-20(25)32)31(19-8-4-10-21(33)26(19)24)17-6-2-5-16(14-17)27(28,29)30/h2,5-6,11-14,24,34H,3-4,7-10H2,1H3. The lowest BCUT2D eigenvalue weighted by Crippen LogP contribution is -2.39. The SMILES string of the molecule is COc1ccc(C2C3=C(CCCC3=O)N(c3cccc(C(F)(F)F)c3)C3=C2C(=O)CCC3)cc1O. The number of anilines is 1. The van der Waals surface area contributed by atoms with Crippen molar-refractivity contribution in [2.45, 2.75) is 50.6 Å². The number of ketones is 2. The molecule has 0 saturated carbocycles. The zero-order chi connectivity index (χ0) is 24.9. The molecule has 5 nitrogen and oxygen atoms in total. The van der Waals surface area contributed by atoms with Gasteiger partial charge in [-0.1, -0.05) is 12.1 Å². The fourth-order valence-corrected chi connectivity index (χ4v) is 5.47. The Labute approximate surface area is 200 Å². The molecule has 0 spiro atoms. The van der Waals surface area contributed by atoms with Crippen LogP contribution in [0, 0.1) is 0 Å². The quantitative estimate of drug-likeness (QED) is 0.577. The van der Waals surface area contributed by atoms with Gasteiger partial charge in [0.15, 0.2) is 23.1 Å². The molecule has 0 unspecified atom stereocenters. The van der Waals surface area contributed by atoms with Crippen LogP contribution in [0.4, 0.5) is 18.9 Å². The highest BCUT2D eigenvalue weighted by Gasteiger charge is 2.44. The van der Waals surface area contributed by atoms with E-state index in [0.29, 0.717) is 72.3 Å². The highest BCUT2D eigenvalue weighted by Crippen LogP contribution is 2.51. The molecule has 0 radical (unpaired) electrons. The molecule has 2 aromatic rings. The normalized spacial score (nSPS) is 19.1. The summed E-state index contributed by atoms with van der Waals surface area (Å²) in [6.07, 6.45) is -1.78. The van der Waals surface area contributed by atoms with Crippen LogP contribution >= 0.6 is 0 Å². The van der Waals surface area contributed by atoms with Gasteiger partial charge in [-0.2, -0.15) is 13.2 Å². The van der Waals surface area contributed by atoms with E-state index in [2.05, 4.69) is 0 Å². The number of rotatable bonds is 3. The molecule has 0 aromatic heterocycles. The van der Waals surface area contributed by atoms with Gasteiger partial charge in [0.2, 0.25) is 0 Å². The molecular weight excluding hydrogens is 459 g/mol. The largest absolute Gasteiger partial charge is 0.504 e. The van der Waals surface area contributed by atoms with E-state index in [9.17, 15) is 27.9 Å². The zero-order valence-electron chi connectivity index (χ0n) is 19.1. The number of halogens is 3. The number of carbonyl (C=O) groups is 2. The average Bonchev–Trinajstić information content (AvgIpc) is 2.82. The van der Waals surface area contributed by atoms with E-state index in [0.717, 1.165) is 12.1 Å². The second-order valence-corrected chi connectivity index (χ2v) is 9.02. The van der Waals surface area contributed by atoms with Crippen molar-refractivity contribution in [1.82, 2.24) is 0 Å². The maximum atomic E-state index is 13.5. The summed E-state index contributed by atoms with van der Waals surface area (Å²) in [5, 5.41) is 10.4. The molecule has 0 saturated heterocycles. The number of methoxy groups -OCH3 is 1. The first-order chi connectivity index (χ1) is 16.7. The highest BCUT2D eigenvalue weighted by atomic mass is 19.4. The predicted octanol–water partition coefficient (Wildman–Crippen LogP) is 6.04. The van der Waals surface area contributed by atoms with E-state index in [1.54, 1.807) is 23.1 Å². The molecule has 8 heteroatoms. The smallest absolute Gasteiger partial charge is 0.416 e. The van der Waals surface area contributed by atoms with Crippen LogP contribution in [0.15, 0.2) is 65.0 Å². The molecule has 0 amide bonds. The fourth-order valence-electron chi connectivity index (χ4n) is 5.47. The third-order valence-corrected chi connectivity index (χ3v) is 6.94. The van der Waals surface area contributed by atoms with Crippen LogP contribution in [-0.4, -0.2) is 23.8 Å². The van der Waals surface area contributed by atoms with Gasteiger partial charge in [0, 0.05) is 47.0 Å². The van der Waals surface area contributed by atoms with Gasteiger partial charge < -0.3 is 14.7 Å². The number of hydrogen-bond acceptors (Lipinski definition) is 5. The number of phenolic OH excluding ortho intramolecular Hbond substituents is 1. The number of nitrogens with zero attached hydrogens (tertiary/aromatic N) is 1. The molecule has 1 heterocycles. The van der Waals surface area contributed by atoms with Gasteiger partial charge in [0.25, 0.3) is 0 Å². The Morgan fingerprint density at radius 3 is 2.09 bits per heavy atom. The van der Waals surface area contributed by atoms with Crippen molar-refractivity contribution >= 4 is 17.3 Å². The van der Waals surface area contributed by atoms with Crippen LogP contribution in [0.3, 0.4) is 0 Å². The number of Topliss-reactive ketones (excluding diaryl/α,β-unsaturated/α-hetero) is 2. The minimum Gasteiger partial charge on any atom is -0.504 e. The first-order valence-corrected chi connectivity index (χ1v) is 11.6. The third-order valence-electron chi connectivity index (χ3n) is 6.94. The van der Waals surface area contributed by atoms with Crippen molar-refractivity contribution < 1.29 is 32.6 Å². The maximum Gasteiger partial charge on any atom is 0.416 e. The van der Waals surface area contributed by atoms with E-state index < -0.39 is 17.7 Å². The topological polar surface area (TPSA) is 66.8 Å². The van der Waals surface area contributed by atoms with Gasteiger partial charge in [-0.05, 0) is 61.6 Å². The summed E-state index contributed by atoms with van der Waals surface area (Å²) < 4.78 is 45.7. The molecule has 182 valence electrons. The third kappa shape index (κ3) is 3.90. The number of ether oxygens (including phenoxy) is 1. The van der Waals surface area contributed by atoms with Gasteiger partial charge in [-0.3, -0.25) is 9.59 Å². The molecule has 3 aliphatic rings. The van der Waals surface area contributed by atoms with E-state index in [4.69, 9.17) is 4.74 Å². The summed E-state index contributed by atoms with van der Waals surface area (Å²) in [5.74, 6) is -0.786. The first kappa shape index (κ1) is 23.2. The zero-order valence-corrected chi connectivity index (χ0v) is 19.1. The van der Waals surface area contributed by atoms with Crippen LogP contribution < -0.4 is 9.64 Å². The summed E-state index contributed by atoms with van der Waals surface area (Å²) in [4.78, 5) is 28.4. The molecule has 1 N–H and O–H groups in total. The van der Waals surface area contributed by atoms with Crippen molar-refractivity contribution in [2.24, 2.45) is 0 Å². The molecule has 2 aliphatic carbocycles. The minimum atomic E-state index is -4.52. The number of carbonyl (C=O) groups excluding carboxylic acids is 2. The molecule has 1 aliphatic heterocycles. The van der Waals surface area contributed by atoms with Gasteiger partial charge in [-0.15, -0.1) is 0 Å². The average molecular weight is 483 g/mol. The Bertz CT molecular complexity index is 1250. The predicted molar refractivity (Wildman–Crippen MR) is 123 cm³/mol. The molecule has 2 aromatic carbocycles. The number of aromatic hydroxyl groups is 1. The van der Waals surface area contributed by atoms with E-state index in [1.165, 1.54) is 19.2 Å². The second-order valence-electron chi connectivity index (χ2n) is 9.02. The molecule has 0 fully saturated rings. The monoisotopic (exact) mass is 483 g/mol. The molecule has 5 rings (SSSR count). The van der Waals surface area contributed by atoms with Crippen LogP contribution in [-0.2, 0) is 15.8 Å². The lowest BCUT2D eigenvalue weighted by molar-refractivity contribution is -0.137. The lowest BCUT2D eigenvalue weighted by Gasteiger charge is -2.44. The number of alkyl halides is 3. The fraction of sp³-hybridized carbons (Fsp3) is 0.333. The summed E-state index contributed by atoms with van der Waals surface area (Å²) in [6.45, 7) is 0. The van der Waals surface area contributed by atoms with Crippen LogP contribution in [0.5, 0.6) is 11.5 Å². The Kier molecular flexibility index (Phi) is 5.69. The lowest BCUT2D eigenvalue weighted by atomic mass is 9.70. The highest BCUT2D eigenvalue weighted by molar-refractivity contribution is 6.07. The van der Waals surface area contributed by atoms with Crippen molar-refractivity contribution in [1.29, 1.82) is 0 Å². The van der Waals surface area contributed by atoms with Gasteiger partial charge in [0.05, 0.1) is 12.7 Å². The Morgan fingerprint density at radius 1 is 0.914 bits per heavy atom. The number of hydrogen-bond donors (Lipinski definition) is 1.